The van der Waals surface area contributed by atoms with Gasteiger partial charge in [-0.15, -0.1) is 6.58 Å². The zero-order chi connectivity index (χ0) is 16.9. The lowest BCUT2D eigenvalue weighted by atomic mass is 9.44. The molecule has 0 saturated heterocycles. The molecule has 0 aromatic rings. The molecule has 0 amide bonds. The highest BCUT2D eigenvalue weighted by molar-refractivity contribution is 5.68. The normalized spacial score (nSPS) is 46.3. The van der Waals surface area contributed by atoms with Gasteiger partial charge in [-0.2, -0.15) is 4.39 Å². The summed E-state index contributed by atoms with van der Waals surface area (Å²) in [5.74, 6) is 1.01. The molecule has 128 valence electrons. The van der Waals surface area contributed by atoms with E-state index < -0.39 is 6.04 Å². The number of allylic oxidation sites excluding steroid dienone is 3. The molecule has 5 atom stereocenters. The minimum absolute atomic E-state index is 0.101. The monoisotopic (exact) mass is 318 g/mol. The Morgan fingerprint density at radius 1 is 1.30 bits per heavy atom. The van der Waals surface area contributed by atoms with Crippen LogP contribution in [0.4, 0.5) is 4.39 Å². The van der Waals surface area contributed by atoms with Crippen LogP contribution in [0.5, 0.6) is 0 Å². The first-order chi connectivity index (χ1) is 10.8. The van der Waals surface area contributed by atoms with Crippen molar-refractivity contribution >= 4 is 6.04 Å². The number of hydrogen-bond donors (Lipinski definition) is 0. The Balaban J connectivity index is 1.99. The molecule has 1 nitrogen and oxygen atoms in total. The van der Waals surface area contributed by atoms with Gasteiger partial charge in [0.15, 0.2) is 0 Å². The summed E-state index contributed by atoms with van der Waals surface area (Å²) in [7, 11) is 0. The number of fused-ring (bicyclic) bond motifs is 3. The molecule has 2 fully saturated rings. The second-order valence-corrected chi connectivity index (χ2v) is 9.05. The van der Waals surface area contributed by atoms with Gasteiger partial charge >= 0.3 is 6.04 Å². The molecule has 3 aliphatic rings. The van der Waals surface area contributed by atoms with E-state index in [4.69, 9.17) is 0 Å². The fourth-order valence-electron chi connectivity index (χ4n) is 6.42. The lowest BCUT2D eigenvalue weighted by Gasteiger charge is -2.60. The first-order valence-electron chi connectivity index (χ1n) is 9.28. The van der Waals surface area contributed by atoms with Gasteiger partial charge in [-0.25, -0.2) is 0 Å². The first-order valence-corrected chi connectivity index (χ1v) is 9.28. The zero-order valence-electron chi connectivity index (χ0n) is 15.0. The Labute approximate surface area is 140 Å². The molecular formula is C21H31FO. The average Bonchev–Trinajstić information content (AvgIpc) is 2.47. The molecule has 0 heterocycles. The van der Waals surface area contributed by atoms with Crippen LogP contribution in [0.3, 0.4) is 0 Å². The average molecular weight is 318 g/mol. The van der Waals surface area contributed by atoms with E-state index in [1.807, 2.05) is 0 Å². The van der Waals surface area contributed by atoms with Crippen LogP contribution in [0.15, 0.2) is 24.3 Å². The third kappa shape index (κ3) is 2.53. The van der Waals surface area contributed by atoms with E-state index in [1.54, 1.807) is 5.57 Å². The fourth-order valence-corrected chi connectivity index (χ4v) is 6.42. The molecule has 23 heavy (non-hydrogen) atoms. The van der Waals surface area contributed by atoms with Gasteiger partial charge < -0.3 is 0 Å². The van der Waals surface area contributed by atoms with Crippen LogP contribution >= 0.6 is 0 Å². The van der Waals surface area contributed by atoms with E-state index in [0.717, 1.165) is 32.1 Å². The van der Waals surface area contributed by atoms with Crippen molar-refractivity contribution in [2.45, 2.75) is 72.1 Å². The van der Waals surface area contributed by atoms with E-state index in [2.05, 4.69) is 39.5 Å². The highest BCUT2D eigenvalue weighted by Gasteiger charge is 2.56. The number of rotatable bonds is 3. The predicted octanol–water partition coefficient (Wildman–Crippen LogP) is 6.01. The molecular weight excluding hydrogens is 287 g/mol. The maximum atomic E-state index is 13.3. The Kier molecular flexibility index (Phi) is 4.09. The summed E-state index contributed by atoms with van der Waals surface area (Å²) in [5.41, 5.74) is 1.75. The van der Waals surface area contributed by atoms with Crippen LogP contribution in [0.1, 0.15) is 72.1 Å². The van der Waals surface area contributed by atoms with Crippen molar-refractivity contribution in [3.05, 3.63) is 24.3 Å². The lowest BCUT2D eigenvalue weighted by Crippen LogP contribution is -2.52. The molecule has 0 spiro atoms. The van der Waals surface area contributed by atoms with Crippen molar-refractivity contribution in [1.82, 2.24) is 0 Å². The minimum atomic E-state index is -1.13. The van der Waals surface area contributed by atoms with Crippen molar-refractivity contribution in [3.8, 4) is 0 Å². The molecule has 3 aliphatic carbocycles. The van der Waals surface area contributed by atoms with Crippen molar-refractivity contribution in [2.24, 2.45) is 28.1 Å². The molecule has 3 rings (SSSR count). The smallest absolute Gasteiger partial charge is 0.261 e. The second-order valence-electron chi connectivity index (χ2n) is 9.05. The second kappa shape index (κ2) is 5.57. The van der Waals surface area contributed by atoms with Crippen LogP contribution < -0.4 is 0 Å². The number of carbonyl (C=O) groups is 1. The summed E-state index contributed by atoms with van der Waals surface area (Å²) < 4.78 is 13.3. The molecule has 0 N–H and O–H groups in total. The van der Waals surface area contributed by atoms with Gasteiger partial charge in [0.1, 0.15) is 0 Å². The van der Waals surface area contributed by atoms with Crippen molar-refractivity contribution in [1.29, 1.82) is 0 Å². The molecule has 2 heteroatoms. The largest absolute Gasteiger partial charge is 0.302 e. The SMILES string of the molecule is C=C[C@@]1(C)CCC=C2C1CCC1[C@](C)(CC(=O)F)CCC[C@@]21C. The van der Waals surface area contributed by atoms with Crippen LogP contribution in [0.2, 0.25) is 0 Å². The zero-order valence-corrected chi connectivity index (χ0v) is 15.0. The molecule has 0 radical (unpaired) electrons. The van der Waals surface area contributed by atoms with Crippen LogP contribution in [-0.2, 0) is 4.79 Å². The summed E-state index contributed by atoms with van der Waals surface area (Å²) in [4.78, 5) is 11.2. The van der Waals surface area contributed by atoms with Gasteiger partial charge in [0.05, 0.1) is 0 Å². The number of carbonyl (C=O) groups excluding carboxylic acids is 1. The van der Waals surface area contributed by atoms with Gasteiger partial charge in [0, 0.05) is 6.42 Å². The molecule has 2 unspecified atom stereocenters. The Morgan fingerprint density at radius 2 is 2.04 bits per heavy atom. The lowest BCUT2D eigenvalue weighted by molar-refractivity contribution is -0.136. The maximum absolute atomic E-state index is 13.3. The van der Waals surface area contributed by atoms with Gasteiger partial charge in [-0.1, -0.05) is 44.9 Å². The van der Waals surface area contributed by atoms with E-state index >= 15 is 0 Å². The summed E-state index contributed by atoms with van der Waals surface area (Å²) in [6.07, 6.45) is 12.6. The standard InChI is InChI=1S/C21H31FO/c1-5-19(2)11-6-8-16-15(19)9-10-17-20(3,14-18(22)23)12-7-13-21(16,17)4/h5,8,15,17H,1,6-7,9-14H2,2-4H3/t15?,17?,19-,20-,21-/m0/s1. The highest BCUT2D eigenvalue weighted by atomic mass is 19.1. The quantitative estimate of drug-likeness (QED) is 0.460. The Morgan fingerprint density at radius 3 is 2.70 bits per heavy atom. The molecule has 0 bridgehead atoms. The summed E-state index contributed by atoms with van der Waals surface area (Å²) >= 11 is 0. The van der Waals surface area contributed by atoms with E-state index in [9.17, 15) is 9.18 Å². The van der Waals surface area contributed by atoms with Gasteiger partial charge in [0.25, 0.3) is 0 Å². The minimum Gasteiger partial charge on any atom is -0.261 e. The molecule has 2 saturated carbocycles. The summed E-state index contributed by atoms with van der Waals surface area (Å²) in [6.45, 7) is 11.0. The fraction of sp³-hybridized carbons (Fsp3) is 0.762. The Hall–Kier alpha value is -0.920. The third-order valence-electron chi connectivity index (χ3n) is 7.69. The van der Waals surface area contributed by atoms with E-state index in [0.29, 0.717) is 11.8 Å². The van der Waals surface area contributed by atoms with E-state index in [-0.39, 0.29) is 22.7 Å². The highest BCUT2D eigenvalue weighted by Crippen LogP contribution is 2.65. The van der Waals surface area contributed by atoms with Crippen LogP contribution in [-0.4, -0.2) is 6.04 Å². The van der Waals surface area contributed by atoms with E-state index in [1.165, 1.54) is 12.8 Å². The van der Waals surface area contributed by atoms with Crippen molar-refractivity contribution in [3.63, 3.8) is 0 Å². The van der Waals surface area contributed by atoms with Gasteiger partial charge in [0.2, 0.25) is 0 Å². The molecule has 0 aliphatic heterocycles. The van der Waals surface area contributed by atoms with Crippen molar-refractivity contribution in [2.75, 3.05) is 0 Å². The molecule has 0 aromatic carbocycles. The van der Waals surface area contributed by atoms with Crippen molar-refractivity contribution < 1.29 is 9.18 Å². The topological polar surface area (TPSA) is 17.1 Å². The number of halogens is 1. The molecule has 0 aromatic heterocycles. The predicted molar refractivity (Wildman–Crippen MR) is 92.6 cm³/mol. The third-order valence-corrected chi connectivity index (χ3v) is 7.69. The number of hydrogen-bond acceptors (Lipinski definition) is 1. The van der Waals surface area contributed by atoms with Crippen LogP contribution in [0, 0.1) is 28.1 Å². The Bertz CT molecular complexity index is 550. The van der Waals surface area contributed by atoms with Gasteiger partial charge in [-0.3, -0.25) is 4.79 Å². The first kappa shape index (κ1) is 16.9. The summed E-state index contributed by atoms with van der Waals surface area (Å²) in [5, 5.41) is 0. The summed E-state index contributed by atoms with van der Waals surface area (Å²) in [6, 6.07) is -1.13. The maximum Gasteiger partial charge on any atom is 0.302 e. The van der Waals surface area contributed by atoms with Gasteiger partial charge in [-0.05, 0) is 66.6 Å². The van der Waals surface area contributed by atoms with Crippen LogP contribution in [0.25, 0.3) is 0 Å².